The number of thioether (sulfide) groups is 1. The van der Waals surface area contributed by atoms with E-state index in [-0.39, 0.29) is 11.7 Å². The summed E-state index contributed by atoms with van der Waals surface area (Å²) >= 11 is 1.46. The molecule has 0 unspecified atom stereocenters. The van der Waals surface area contributed by atoms with Gasteiger partial charge in [-0.1, -0.05) is 72.4 Å². The van der Waals surface area contributed by atoms with E-state index < -0.39 is 11.7 Å². The van der Waals surface area contributed by atoms with Gasteiger partial charge in [-0.2, -0.15) is 13.2 Å². The monoisotopic (exact) mass is 600 g/mol. The third-order valence-electron chi connectivity index (χ3n) is 7.27. The van der Waals surface area contributed by atoms with Gasteiger partial charge in [0.25, 0.3) is 5.91 Å². The van der Waals surface area contributed by atoms with Crippen LogP contribution in [-0.4, -0.2) is 47.2 Å². The second-order valence-corrected chi connectivity index (χ2v) is 11.1. The van der Waals surface area contributed by atoms with Crippen LogP contribution in [0.3, 0.4) is 0 Å². The number of aromatic nitrogens is 2. The van der Waals surface area contributed by atoms with E-state index in [0.29, 0.717) is 43.4 Å². The summed E-state index contributed by atoms with van der Waals surface area (Å²) < 4.78 is 45.1. The smallest absolute Gasteiger partial charge is 0.416 e. The largest absolute Gasteiger partial charge is 0.455 e. The van der Waals surface area contributed by atoms with E-state index in [4.69, 9.17) is 4.42 Å². The maximum atomic E-state index is 13.1. The summed E-state index contributed by atoms with van der Waals surface area (Å²) in [6.45, 7) is 1.64. The number of furan rings is 1. The Hall–Kier alpha value is -4.57. The summed E-state index contributed by atoms with van der Waals surface area (Å²) in [6, 6.07) is 30.9. The Morgan fingerprint density at radius 3 is 2.19 bits per heavy atom. The molecular weight excluding hydrogens is 573 g/mol. The molecule has 218 valence electrons. The molecule has 0 spiro atoms. The first-order valence-electron chi connectivity index (χ1n) is 13.8. The second-order valence-electron chi connectivity index (χ2n) is 10.1. The lowest BCUT2D eigenvalue weighted by molar-refractivity contribution is -0.137. The van der Waals surface area contributed by atoms with E-state index in [2.05, 4.69) is 34.5 Å². The van der Waals surface area contributed by atoms with Crippen LogP contribution in [0.1, 0.15) is 21.9 Å². The molecule has 0 aliphatic carbocycles. The van der Waals surface area contributed by atoms with Crippen LogP contribution in [0.5, 0.6) is 0 Å². The Morgan fingerprint density at radius 2 is 1.49 bits per heavy atom. The first-order valence-corrected chi connectivity index (χ1v) is 14.7. The Bertz CT molecular complexity index is 1680. The van der Waals surface area contributed by atoms with Gasteiger partial charge in [-0.3, -0.25) is 4.79 Å². The average molecular weight is 601 g/mol. The number of benzene rings is 3. The molecule has 0 N–H and O–H groups in total. The van der Waals surface area contributed by atoms with Gasteiger partial charge in [0.1, 0.15) is 10.8 Å². The van der Waals surface area contributed by atoms with E-state index in [1.807, 2.05) is 47.4 Å². The number of carbonyl (C=O) groups excluding carboxylic acids is 1. The second kappa shape index (κ2) is 12.3. The minimum atomic E-state index is -4.39. The van der Waals surface area contributed by atoms with Gasteiger partial charge in [0, 0.05) is 37.4 Å². The van der Waals surface area contributed by atoms with Crippen LogP contribution in [0.2, 0.25) is 0 Å². The number of anilines is 1. The lowest BCUT2D eigenvalue weighted by Gasteiger charge is -2.36. The van der Waals surface area contributed by atoms with E-state index >= 15 is 0 Å². The molecule has 6 nitrogen and oxygen atoms in total. The van der Waals surface area contributed by atoms with Gasteiger partial charge in [0.05, 0.1) is 17.0 Å². The van der Waals surface area contributed by atoms with Gasteiger partial charge in [0.2, 0.25) is 0 Å². The van der Waals surface area contributed by atoms with Crippen molar-refractivity contribution in [2.24, 2.45) is 0 Å². The highest BCUT2D eigenvalue weighted by Gasteiger charge is 2.31. The van der Waals surface area contributed by atoms with Crippen LogP contribution in [-0.2, 0) is 11.9 Å². The molecule has 10 heteroatoms. The predicted octanol–water partition coefficient (Wildman–Crippen LogP) is 7.68. The molecular formula is C33H27F3N4O2S. The third-order valence-corrected chi connectivity index (χ3v) is 8.21. The number of rotatable bonds is 7. The molecule has 1 aliphatic heterocycles. The molecule has 5 aromatic rings. The average Bonchev–Trinajstić information content (AvgIpc) is 3.53. The van der Waals surface area contributed by atoms with Crippen molar-refractivity contribution >= 4 is 23.4 Å². The number of hydrogen-bond acceptors (Lipinski definition) is 6. The summed E-state index contributed by atoms with van der Waals surface area (Å²) in [6.07, 6.45) is -4.39. The van der Waals surface area contributed by atoms with Crippen molar-refractivity contribution in [2.75, 3.05) is 31.1 Å². The fourth-order valence-corrected chi connectivity index (χ4v) is 5.64. The number of hydrogen-bond donors (Lipinski definition) is 0. The maximum Gasteiger partial charge on any atom is 0.416 e. The number of halogens is 3. The standard InChI is InChI=1S/C33H27F3N4O2S/c34-33(35,36)26-7-4-8-27(21-26)39-17-19-40(20-18-39)32(41)30-15-13-28(42-30)22-43-31-16-14-29(37-38-31)25-11-9-24(10-12-25)23-5-2-1-3-6-23/h1-16,21H,17-20,22H2. The lowest BCUT2D eigenvalue weighted by Crippen LogP contribution is -2.48. The molecule has 1 fully saturated rings. The van der Waals surface area contributed by atoms with Crippen LogP contribution in [0.25, 0.3) is 22.4 Å². The van der Waals surface area contributed by atoms with E-state index in [1.54, 1.807) is 23.1 Å². The van der Waals surface area contributed by atoms with Gasteiger partial charge >= 0.3 is 6.18 Å². The van der Waals surface area contributed by atoms with Crippen molar-refractivity contribution in [2.45, 2.75) is 17.0 Å². The topological polar surface area (TPSA) is 62.5 Å². The minimum Gasteiger partial charge on any atom is -0.455 e. The molecule has 0 radical (unpaired) electrons. The van der Waals surface area contributed by atoms with Gasteiger partial charge in [0.15, 0.2) is 5.76 Å². The van der Waals surface area contributed by atoms with Gasteiger partial charge in [-0.25, -0.2) is 0 Å². The molecule has 1 amide bonds. The number of amides is 1. The van der Waals surface area contributed by atoms with Crippen molar-refractivity contribution in [3.63, 3.8) is 0 Å². The number of carbonyl (C=O) groups is 1. The van der Waals surface area contributed by atoms with Crippen LogP contribution < -0.4 is 4.90 Å². The van der Waals surface area contributed by atoms with E-state index in [1.165, 1.54) is 17.8 Å². The summed E-state index contributed by atoms with van der Waals surface area (Å²) in [7, 11) is 0. The van der Waals surface area contributed by atoms with Crippen molar-refractivity contribution in [3.05, 3.63) is 120 Å². The fourth-order valence-electron chi connectivity index (χ4n) is 4.93. The van der Waals surface area contributed by atoms with Gasteiger partial charge in [-0.05, 0) is 53.6 Å². The Morgan fingerprint density at radius 1 is 0.767 bits per heavy atom. The van der Waals surface area contributed by atoms with Crippen molar-refractivity contribution in [1.82, 2.24) is 15.1 Å². The molecule has 3 aromatic carbocycles. The SMILES string of the molecule is O=C(c1ccc(CSc2ccc(-c3ccc(-c4ccccc4)cc3)nn2)o1)N1CCN(c2cccc(C(F)(F)F)c2)CC1. The summed E-state index contributed by atoms with van der Waals surface area (Å²) in [5.41, 5.74) is 3.87. The predicted molar refractivity (Wildman–Crippen MR) is 161 cm³/mol. The third kappa shape index (κ3) is 6.75. The normalized spacial score (nSPS) is 13.7. The molecule has 0 atom stereocenters. The zero-order valence-electron chi connectivity index (χ0n) is 23.0. The van der Waals surface area contributed by atoms with Gasteiger partial charge in [-0.15, -0.1) is 10.2 Å². The quantitative estimate of drug-likeness (QED) is 0.179. The van der Waals surface area contributed by atoms with Crippen molar-refractivity contribution in [3.8, 4) is 22.4 Å². The molecule has 3 heterocycles. The van der Waals surface area contributed by atoms with Crippen molar-refractivity contribution in [1.29, 1.82) is 0 Å². The lowest BCUT2D eigenvalue weighted by atomic mass is 10.0. The summed E-state index contributed by atoms with van der Waals surface area (Å²) in [4.78, 5) is 16.5. The number of piperazine rings is 1. The molecule has 1 aliphatic rings. The molecule has 6 rings (SSSR count). The molecule has 43 heavy (non-hydrogen) atoms. The zero-order chi connectivity index (χ0) is 29.8. The highest BCUT2D eigenvalue weighted by Crippen LogP contribution is 2.32. The fraction of sp³-hybridized carbons (Fsp3) is 0.182. The molecule has 1 saturated heterocycles. The van der Waals surface area contributed by atoms with Crippen molar-refractivity contribution < 1.29 is 22.4 Å². The first-order chi connectivity index (χ1) is 20.8. The summed E-state index contributed by atoms with van der Waals surface area (Å²) in [5, 5.41) is 9.46. The van der Waals surface area contributed by atoms with E-state index in [0.717, 1.165) is 39.5 Å². The van der Waals surface area contributed by atoms with Crippen LogP contribution in [0, 0.1) is 0 Å². The maximum absolute atomic E-state index is 13.1. The summed E-state index contributed by atoms with van der Waals surface area (Å²) in [5.74, 6) is 1.13. The van der Waals surface area contributed by atoms with Crippen LogP contribution in [0.15, 0.2) is 113 Å². The van der Waals surface area contributed by atoms with Gasteiger partial charge < -0.3 is 14.2 Å². The van der Waals surface area contributed by atoms with E-state index in [9.17, 15) is 18.0 Å². The molecule has 0 bridgehead atoms. The Labute approximate surface area is 251 Å². The van der Waals surface area contributed by atoms with Crippen LogP contribution >= 0.6 is 11.8 Å². The Balaban J connectivity index is 1.01. The highest BCUT2D eigenvalue weighted by atomic mass is 32.2. The zero-order valence-corrected chi connectivity index (χ0v) is 23.8. The van der Waals surface area contributed by atoms with Crippen LogP contribution in [0.4, 0.5) is 18.9 Å². The molecule has 2 aromatic heterocycles. The first kappa shape index (κ1) is 28.5. The number of alkyl halides is 3. The Kier molecular flexibility index (Phi) is 8.20. The number of nitrogens with zero attached hydrogens (tertiary/aromatic N) is 4. The minimum absolute atomic E-state index is 0.234. The molecule has 0 saturated carbocycles. The highest BCUT2D eigenvalue weighted by molar-refractivity contribution is 7.98.